The standard InChI is InChI=1S/C17H22N2O2/c1-12(2)18-16(20)14-10-6-7-11-15(14)17(21)19-13-8-4-3-5-9-13/h3-5,8-9,12H,6-7,10-11H2,1-2H3,(H,18,20)(H,19,21). The largest absolute Gasteiger partial charge is 0.350 e. The third-order valence-corrected chi connectivity index (χ3v) is 3.47. The van der Waals surface area contributed by atoms with Crippen molar-refractivity contribution in [2.24, 2.45) is 0 Å². The summed E-state index contributed by atoms with van der Waals surface area (Å²) < 4.78 is 0. The highest BCUT2D eigenvalue weighted by atomic mass is 16.2. The summed E-state index contributed by atoms with van der Waals surface area (Å²) in [7, 11) is 0. The van der Waals surface area contributed by atoms with Gasteiger partial charge in [0.2, 0.25) is 5.91 Å². The first-order valence-electron chi connectivity index (χ1n) is 7.47. The minimum absolute atomic E-state index is 0.0744. The van der Waals surface area contributed by atoms with E-state index in [1.54, 1.807) is 0 Å². The van der Waals surface area contributed by atoms with E-state index in [1.165, 1.54) is 0 Å². The number of amides is 2. The van der Waals surface area contributed by atoms with Gasteiger partial charge in [0.1, 0.15) is 0 Å². The van der Waals surface area contributed by atoms with Gasteiger partial charge in [0.15, 0.2) is 0 Å². The van der Waals surface area contributed by atoms with Crippen LogP contribution in [0.15, 0.2) is 41.5 Å². The number of carbonyl (C=O) groups is 2. The SMILES string of the molecule is CC(C)NC(=O)C1=C(C(=O)Nc2ccccc2)CCCC1. The summed E-state index contributed by atoms with van der Waals surface area (Å²) in [5, 5.41) is 5.76. The van der Waals surface area contributed by atoms with Gasteiger partial charge in [-0.1, -0.05) is 18.2 Å². The first-order valence-corrected chi connectivity index (χ1v) is 7.47. The van der Waals surface area contributed by atoms with Crippen molar-refractivity contribution in [2.75, 3.05) is 5.32 Å². The molecule has 0 saturated heterocycles. The molecular formula is C17H22N2O2. The van der Waals surface area contributed by atoms with Crippen LogP contribution in [0.2, 0.25) is 0 Å². The summed E-state index contributed by atoms with van der Waals surface area (Å²) >= 11 is 0. The molecule has 0 bridgehead atoms. The molecule has 0 atom stereocenters. The first-order chi connectivity index (χ1) is 10.1. The molecule has 1 aromatic rings. The number of carbonyl (C=O) groups excluding carboxylic acids is 2. The molecule has 0 aromatic heterocycles. The number of hydrogen-bond donors (Lipinski definition) is 2. The van der Waals surface area contributed by atoms with Gasteiger partial charge in [-0.3, -0.25) is 9.59 Å². The third-order valence-electron chi connectivity index (χ3n) is 3.47. The van der Waals surface area contributed by atoms with Crippen LogP contribution in [0.25, 0.3) is 0 Å². The molecule has 0 saturated carbocycles. The van der Waals surface area contributed by atoms with E-state index in [1.807, 2.05) is 44.2 Å². The molecule has 0 aliphatic heterocycles. The molecule has 2 amide bonds. The molecule has 0 heterocycles. The number of para-hydroxylation sites is 1. The van der Waals surface area contributed by atoms with Crippen LogP contribution < -0.4 is 10.6 Å². The van der Waals surface area contributed by atoms with Gasteiger partial charge in [0.25, 0.3) is 5.91 Å². The topological polar surface area (TPSA) is 58.2 Å². The molecule has 1 aliphatic carbocycles. The smallest absolute Gasteiger partial charge is 0.252 e. The Labute approximate surface area is 125 Å². The van der Waals surface area contributed by atoms with Crippen LogP contribution in [-0.4, -0.2) is 17.9 Å². The molecule has 1 aromatic carbocycles. The summed E-state index contributed by atoms with van der Waals surface area (Å²) in [6.45, 7) is 3.84. The quantitative estimate of drug-likeness (QED) is 0.894. The maximum Gasteiger partial charge on any atom is 0.252 e. The second kappa shape index (κ2) is 7.07. The van der Waals surface area contributed by atoms with Gasteiger partial charge < -0.3 is 10.6 Å². The number of hydrogen-bond acceptors (Lipinski definition) is 2. The molecule has 112 valence electrons. The van der Waals surface area contributed by atoms with Crippen molar-refractivity contribution in [3.63, 3.8) is 0 Å². The molecule has 2 rings (SSSR count). The third kappa shape index (κ3) is 4.18. The van der Waals surface area contributed by atoms with Gasteiger partial charge in [0.05, 0.1) is 0 Å². The molecular weight excluding hydrogens is 264 g/mol. The molecule has 21 heavy (non-hydrogen) atoms. The Morgan fingerprint density at radius 3 is 2.10 bits per heavy atom. The zero-order valence-corrected chi connectivity index (χ0v) is 12.6. The first kappa shape index (κ1) is 15.3. The summed E-state index contributed by atoms with van der Waals surface area (Å²) in [5.41, 5.74) is 2.02. The average molecular weight is 286 g/mol. The summed E-state index contributed by atoms with van der Waals surface area (Å²) in [4.78, 5) is 24.6. The summed E-state index contributed by atoms with van der Waals surface area (Å²) in [6.07, 6.45) is 3.26. The average Bonchev–Trinajstić information content (AvgIpc) is 2.47. The molecule has 0 unspecified atom stereocenters. The van der Waals surface area contributed by atoms with E-state index >= 15 is 0 Å². The molecule has 0 spiro atoms. The fraction of sp³-hybridized carbons (Fsp3) is 0.412. The highest BCUT2D eigenvalue weighted by Gasteiger charge is 2.24. The minimum Gasteiger partial charge on any atom is -0.350 e. The highest BCUT2D eigenvalue weighted by molar-refractivity contribution is 6.10. The lowest BCUT2D eigenvalue weighted by molar-refractivity contribution is -0.119. The summed E-state index contributed by atoms with van der Waals surface area (Å²) in [5.74, 6) is -0.266. The highest BCUT2D eigenvalue weighted by Crippen LogP contribution is 2.26. The zero-order valence-electron chi connectivity index (χ0n) is 12.6. The van der Waals surface area contributed by atoms with E-state index in [4.69, 9.17) is 0 Å². The van der Waals surface area contributed by atoms with Crippen molar-refractivity contribution in [2.45, 2.75) is 45.6 Å². The second-order valence-corrected chi connectivity index (χ2v) is 5.61. The van der Waals surface area contributed by atoms with Crippen LogP contribution in [0.3, 0.4) is 0 Å². The van der Waals surface area contributed by atoms with Gasteiger partial charge in [-0.05, 0) is 51.7 Å². The predicted molar refractivity (Wildman–Crippen MR) is 83.8 cm³/mol. The van der Waals surface area contributed by atoms with E-state index in [0.29, 0.717) is 24.0 Å². The lowest BCUT2D eigenvalue weighted by Crippen LogP contribution is -2.34. The predicted octanol–water partition coefficient (Wildman–Crippen LogP) is 3.02. The van der Waals surface area contributed by atoms with Crippen molar-refractivity contribution in [1.29, 1.82) is 0 Å². The monoisotopic (exact) mass is 286 g/mol. The Morgan fingerprint density at radius 2 is 1.52 bits per heavy atom. The maximum atomic E-state index is 12.4. The molecule has 0 fully saturated rings. The van der Waals surface area contributed by atoms with Crippen LogP contribution in [0.4, 0.5) is 5.69 Å². The number of benzene rings is 1. The van der Waals surface area contributed by atoms with Gasteiger partial charge in [0, 0.05) is 22.9 Å². The zero-order chi connectivity index (χ0) is 15.2. The van der Waals surface area contributed by atoms with Gasteiger partial charge >= 0.3 is 0 Å². The van der Waals surface area contributed by atoms with Crippen molar-refractivity contribution >= 4 is 17.5 Å². The molecule has 2 N–H and O–H groups in total. The Hall–Kier alpha value is -2.10. The fourth-order valence-corrected chi connectivity index (χ4v) is 2.48. The van der Waals surface area contributed by atoms with E-state index in [9.17, 15) is 9.59 Å². The van der Waals surface area contributed by atoms with E-state index in [-0.39, 0.29) is 17.9 Å². The number of rotatable bonds is 4. The van der Waals surface area contributed by atoms with Crippen molar-refractivity contribution in [3.8, 4) is 0 Å². The lowest BCUT2D eigenvalue weighted by atomic mass is 9.90. The van der Waals surface area contributed by atoms with Crippen LogP contribution in [0.1, 0.15) is 39.5 Å². The Balaban J connectivity index is 2.18. The van der Waals surface area contributed by atoms with E-state index in [0.717, 1.165) is 18.5 Å². The number of anilines is 1. The Kier molecular flexibility index (Phi) is 5.14. The molecule has 4 nitrogen and oxygen atoms in total. The van der Waals surface area contributed by atoms with Crippen molar-refractivity contribution < 1.29 is 9.59 Å². The normalized spacial score (nSPS) is 15.0. The van der Waals surface area contributed by atoms with E-state index < -0.39 is 0 Å². The molecule has 1 aliphatic rings. The van der Waals surface area contributed by atoms with Gasteiger partial charge in [-0.15, -0.1) is 0 Å². The Bertz CT molecular complexity index is 547. The Morgan fingerprint density at radius 1 is 0.952 bits per heavy atom. The fourth-order valence-electron chi connectivity index (χ4n) is 2.48. The lowest BCUT2D eigenvalue weighted by Gasteiger charge is -2.20. The molecule has 0 radical (unpaired) electrons. The van der Waals surface area contributed by atoms with Crippen molar-refractivity contribution in [3.05, 3.63) is 41.5 Å². The second-order valence-electron chi connectivity index (χ2n) is 5.61. The van der Waals surface area contributed by atoms with Crippen LogP contribution in [-0.2, 0) is 9.59 Å². The number of nitrogens with one attached hydrogen (secondary N) is 2. The van der Waals surface area contributed by atoms with Gasteiger partial charge in [-0.25, -0.2) is 0 Å². The summed E-state index contributed by atoms with van der Waals surface area (Å²) in [6, 6.07) is 9.40. The van der Waals surface area contributed by atoms with Crippen LogP contribution >= 0.6 is 0 Å². The van der Waals surface area contributed by atoms with E-state index in [2.05, 4.69) is 10.6 Å². The van der Waals surface area contributed by atoms with Crippen molar-refractivity contribution in [1.82, 2.24) is 5.32 Å². The van der Waals surface area contributed by atoms with Gasteiger partial charge in [-0.2, -0.15) is 0 Å². The minimum atomic E-state index is -0.158. The van der Waals surface area contributed by atoms with Crippen LogP contribution in [0, 0.1) is 0 Å². The molecule has 4 heteroatoms. The maximum absolute atomic E-state index is 12.4. The van der Waals surface area contributed by atoms with Crippen LogP contribution in [0.5, 0.6) is 0 Å².